The molecule has 1 heterocycles. The Kier molecular flexibility index (Phi) is 4.75. The molecule has 0 radical (unpaired) electrons. The van der Waals surface area contributed by atoms with Gasteiger partial charge >= 0.3 is 0 Å². The monoisotopic (exact) mass is 396 g/mol. The van der Waals surface area contributed by atoms with Crippen LogP contribution in [0.25, 0.3) is 0 Å². The SMILES string of the molecule is CCCN1CCC(NC(=O)CC23CC4CC(CC(Br)(C4)C2)C3)CC1. The highest BCUT2D eigenvalue weighted by molar-refractivity contribution is 9.10. The lowest BCUT2D eigenvalue weighted by atomic mass is 9.48. The largest absolute Gasteiger partial charge is 0.353 e. The molecule has 5 aliphatic rings. The van der Waals surface area contributed by atoms with Crippen LogP contribution in [0, 0.1) is 17.3 Å². The summed E-state index contributed by atoms with van der Waals surface area (Å²) >= 11 is 4.07. The smallest absolute Gasteiger partial charge is 0.220 e. The molecule has 1 amide bonds. The van der Waals surface area contributed by atoms with Gasteiger partial charge in [-0.25, -0.2) is 0 Å². The van der Waals surface area contributed by atoms with Crippen molar-refractivity contribution in [1.29, 1.82) is 0 Å². The summed E-state index contributed by atoms with van der Waals surface area (Å²) in [5, 5.41) is 3.39. The molecule has 4 aliphatic carbocycles. The molecule has 5 fully saturated rings. The molecule has 1 saturated heterocycles. The molecule has 0 aromatic rings. The lowest BCUT2D eigenvalue weighted by Gasteiger charge is -2.60. The molecule has 1 N–H and O–H groups in total. The summed E-state index contributed by atoms with van der Waals surface area (Å²) < 4.78 is 0.364. The van der Waals surface area contributed by atoms with E-state index in [4.69, 9.17) is 0 Å². The highest BCUT2D eigenvalue weighted by atomic mass is 79.9. The van der Waals surface area contributed by atoms with Crippen LogP contribution in [0.1, 0.15) is 71.1 Å². The third-order valence-electron chi connectivity index (χ3n) is 7.14. The minimum Gasteiger partial charge on any atom is -0.353 e. The second-order valence-corrected chi connectivity index (χ2v) is 11.2. The first kappa shape index (κ1) is 17.3. The van der Waals surface area contributed by atoms with Gasteiger partial charge in [-0.2, -0.15) is 0 Å². The summed E-state index contributed by atoms with van der Waals surface area (Å²) in [5.41, 5.74) is 0.306. The normalized spacial score (nSPS) is 42.4. The van der Waals surface area contributed by atoms with E-state index in [9.17, 15) is 4.79 Å². The van der Waals surface area contributed by atoms with Crippen molar-refractivity contribution < 1.29 is 4.79 Å². The van der Waals surface area contributed by atoms with Crippen LogP contribution in [-0.4, -0.2) is 40.8 Å². The Labute approximate surface area is 155 Å². The van der Waals surface area contributed by atoms with E-state index < -0.39 is 0 Å². The maximum atomic E-state index is 12.8. The van der Waals surface area contributed by atoms with Crippen molar-refractivity contribution in [3.63, 3.8) is 0 Å². The van der Waals surface area contributed by atoms with Crippen molar-refractivity contribution in [2.75, 3.05) is 19.6 Å². The van der Waals surface area contributed by atoms with E-state index in [1.165, 1.54) is 51.5 Å². The molecule has 4 heteroatoms. The Morgan fingerprint density at radius 2 is 1.83 bits per heavy atom. The summed E-state index contributed by atoms with van der Waals surface area (Å²) in [6, 6.07) is 0.414. The summed E-state index contributed by atoms with van der Waals surface area (Å²) in [6.07, 6.45) is 12.2. The van der Waals surface area contributed by atoms with E-state index in [0.29, 0.717) is 21.7 Å². The molecule has 1 aliphatic heterocycles. The highest BCUT2D eigenvalue weighted by Crippen LogP contribution is 2.65. The summed E-state index contributed by atoms with van der Waals surface area (Å²) in [6.45, 7) is 5.76. The van der Waals surface area contributed by atoms with Crippen molar-refractivity contribution >= 4 is 21.8 Å². The third-order valence-corrected chi connectivity index (χ3v) is 8.07. The van der Waals surface area contributed by atoms with Gasteiger partial charge < -0.3 is 10.2 Å². The highest BCUT2D eigenvalue weighted by Gasteiger charge is 2.57. The zero-order valence-electron chi connectivity index (χ0n) is 15.2. The van der Waals surface area contributed by atoms with Gasteiger partial charge in [-0.1, -0.05) is 22.9 Å². The number of carbonyl (C=O) groups excluding carboxylic acids is 1. The number of piperidine rings is 1. The van der Waals surface area contributed by atoms with E-state index in [2.05, 4.69) is 33.1 Å². The minimum absolute atomic E-state index is 0.306. The van der Waals surface area contributed by atoms with E-state index in [1.807, 2.05) is 0 Å². The molecule has 136 valence electrons. The van der Waals surface area contributed by atoms with E-state index in [1.54, 1.807) is 0 Å². The number of carbonyl (C=O) groups is 1. The van der Waals surface area contributed by atoms with Gasteiger partial charge in [-0.3, -0.25) is 4.79 Å². The maximum absolute atomic E-state index is 12.8. The first-order valence-corrected chi connectivity index (χ1v) is 11.0. The fourth-order valence-corrected chi connectivity index (χ4v) is 8.29. The fraction of sp³-hybridized carbons (Fsp3) is 0.950. The zero-order valence-corrected chi connectivity index (χ0v) is 16.7. The number of nitrogens with one attached hydrogen (secondary N) is 1. The molecular formula is C20H33BrN2O. The average Bonchev–Trinajstić information content (AvgIpc) is 2.46. The number of halogens is 1. The molecule has 24 heavy (non-hydrogen) atoms. The summed E-state index contributed by atoms with van der Waals surface area (Å²) in [5.74, 6) is 2.08. The van der Waals surface area contributed by atoms with Gasteiger partial charge in [0, 0.05) is 29.9 Å². The molecule has 5 rings (SSSR count). The van der Waals surface area contributed by atoms with Crippen molar-refractivity contribution in [3.05, 3.63) is 0 Å². The Balaban J connectivity index is 1.31. The zero-order chi connectivity index (χ0) is 16.8. The number of rotatable bonds is 5. The Bertz CT molecular complexity index is 472. The second-order valence-electron chi connectivity index (χ2n) is 9.47. The van der Waals surface area contributed by atoms with E-state index >= 15 is 0 Å². The number of hydrogen-bond donors (Lipinski definition) is 1. The van der Waals surface area contributed by atoms with Crippen LogP contribution in [0.3, 0.4) is 0 Å². The number of nitrogens with zero attached hydrogens (tertiary/aromatic N) is 1. The van der Waals surface area contributed by atoms with Crippen LogP contribution in [-0.2, 0) is 4.79 Å². The molecule has 4 saturated carbocycles. The van der Waals surface area contributed by atoms with Gasteiger partial charge in [0.25, 0.3) is 0 Å². The van der Waals surface area contributed by atoms with Crippen LogP contribution in [0.15, 0.2) is 0 Å². The minimum atomic E-state index is 0.306. The predicted octanol–water partition coefficient (Wildman–Crippen LogP) is 4.10. The molecule has 2 atom stereocenters. The van der Waals surface area contributed by atoms with Crippen LogP contribution in [0.5, 0.6) is 0 Å². The molecular weight excluding hydrogens is 364 g/mol. The first-order chi connectivity index (χ1) is 11.5. The predicted molar refractivity (Wildman–Crippen MR) is 101 cm³/mol. The van der Waals surface area contributed by atoms with Crippen LogP contribution < -0.4 is 5.32 Å². The van der Waals surface area contributed by atoms with Crippen molar-refractivity contribution in [3.8, 4) is 0 Å². The van der Waals surface area contributed by atoms with Crippen molar-refractivity contribution in [1.82, 2.24) is 10.2 Å². The van der Waals surface area contributed by atoms with Gasteiger partial charge in [0.05, 0.1) is 0 Å². The Morgan fingerprint density at radius 3 is 2.42 bits per heavy atom. The molecule has 4 bridgehead atoms. The number of likely N-dealkylation sites (tertiary alicyclic amines) is 1. The first-order valence-electron chi connectivity index (χ1n) is 10.2. The van der Waals surface area contributed by atoms with Gasteiger partial charge in [0.2, 0.25) is 5.91 Å². The molecule has 0 spiro atoms. The maximum Gasteiger partial charge on any atom is 0.220 e. The number of hydrogen-bond acceptors (Lipinski definition) is 2. The third kappa shape index (κ3) is 3.56. The van der Waals surface area contributed by atoms with Gasteiger partial charge in [0.15, 0.2) is 0 Å². The number of alkyl halides is 1. The van der Waals surface area contributed by atoms with Crippen molar-refractivity contribution in [2.45, 2.75) is 81.5 Å². The lowest BCUT2D eigenvalue weighted by Crippen LogP contribution is -2.54. The van der Waals surface area contributed by atoms with Gasteiger partial charge in [-0.05, 0) is 81.6 Å². The molecule has 0 aromatic carbocycles. The van der Waals surface area contributed by atoms with Crippen LogP contribution in [0.2, 0.25) is 0 Å². The Hall–Kier alpha value is -0.0900. The summed E-state index contributed by atoms with van der Waals surface area (Å²) in [4.78, 5) is 15.3. The van der Waals surface area contributed by atoms with E-state index in [-0.39, 0.29) is 0 Å². The van der Waals surface area contributed by atoms with Crippen LogP contribution in [0.4, 0.5) is 0 Å². The molecule has 2 unspecified atom stereocenters. The molecule has 0 aromatic heterocycles. The summed E-state index contributed by atoms with van der Waals surface area (Å²) in [7, 11) is 0. The van der Waals surface area contributed by atoms with Gasteiger partial charge in [0.1, 0.15) is 0 Å². The van der Waals surface area contributed by atoms with E-state index in [0.717, 1.165) is 44.2 Å². The Morgan fingerprint density at radius 1 is 1.17 bits per heavy atom. The standard InChI is InChI=1S/C20H33BrN2O/c1-2-5-23-6-3-17(4-7-23)22-18(24)13-19-9-15-8-16(10-19)12-20(21,11-15)14-19/h15-17H,2-14H2,1H3,(H,22,24). The lowest BCUT2D eigenvalue weighted by molar-refractivity contribution is -0.129. The van der Waals surface area contributed by atoms with Crippen molar-refractivity contribution in [2.24, 2.45) is 17.3 Å². The quantitative estimate of drug-likeness (QED) is 0.709. The fourth-order valence-electron chi connectivity index (χ4n) is 6.78. The second kappa shape index (κ2) is 6.57. The van der Waals surface area contributed by atoms with Crippen LogP contribution >= 0.6 is 15.9 Å². The average molecular weight is 397 g/mol. The number of amides is 1. The van der Waals surface area contributed by atoms with Gasteiger partial charge in [-0.15, -0.1) is 0 Å². The topological polar surface area (TPSA) is 32.3 Å². The molecule has 3 nitrogen and oxygen atoms in total.